The summed E-state index contributed by atoms with van der Waals surface area (Å²) >= 11 is 4.54. The van der Waals surface area contributed by atoms with Gasteiger partial charge >= 0.3 is 0 Å². The maximum atomic E-state index is 12.9. The predicted molar refractivity (Wildman–Crippen MR) is 119 cm³/mol. The number of aromatic nitrogens is 3. The van der Waals surface area contributed by atoms with Gasteiger partial charge in [0.1, 0.15) is 5.82 Å². The van der Waals surface area contributed by atoms with Gasteiger partial charge in [-0.1, -0.05) is 52.0 Å². The Morgan fingerprint density at radius 2 is 1.90 bits per heavy atom. The van der Waals surface area contributed by atoms with Crippen LogP contribution in [0.4, 0.5) is 10.3 Å². The highest BCUT2D eigenvalue weighted by Crippen LogP contribution is 2.17. The number of amides is 1. The zero-order valence-electron chi connectivity index (χ0n) is 16.0. The van der Waals surface area contributed by atoms with Crippen molar-refractivity contribution < 1.29 is 9.18 Å². The van der Waals surface area contributed by atoms with E-state index in [1.165, 1.54) is 16.8 Å². The van der Waals surface area contributed by atoms with Gasteiger partial charge in [-0.3, -0.25) is 4.79 Å². The minimum absolute atomic E-state index is 0.109. The summed E-state index contributed by atoms with van der Waals surface area (Å²) in [7, 11) is 0. The third-order valence-electron chi connectivity index (χ3n) is 3.99. The molecule has 30 heavy (non-hydrogen) atoms. The van der Waals surface area contributed by atoms with Crippen molar-refractivity contribution in [2.75, 3.05) is 17.0 Å². The van der Waals surface area contributed by atoms with Crippen LogP contribution in [-0.4, -0.2) is 32.2 Å². The third-order valence-corrected chi connectivity index (χ3v) is 5.46. The summed E-state index contributed by atoms with van der Waals surface area (Å²) in [6, 6.07) is 13.7. The van der Waals surface area contributed by atoms with Crippen molar-refractivity contribution in [2.24, 2.45) is 5.10 Å². The van der Waals surface area contributed by atoms with Gasteiger partial charge in [0.05, 0.1) is 11.5 Å². The highest BCUT2D eigenvalue weighted by Gasteiger charge is 2.12. The first-order valence-electron chi connectivity index (χ1n) is 8.83. The number of hydrogen-bond donors (Lipinski definition) is 3. The molecule has 0 bridgehead atoms. The molecule has 2 aromatic carbocycles. The number of carbonyl (C=O) groups excluding carboxylic acids is 1. The molecular weight excluding hydrogens is 473 g/mol. The number of thioether (sulfide) groups is 1. The minimum Gasteiger partial charge on any atom is -0.351 e. The van der Waals surface area contributed by atoms with Crippen molar-refractivity contribution in [2.45, 2.75) is 18.6 Å². The van der Waals surface area contributed by atoms with Crippen molar-refractivity contribution in [3.05, 3.63) is 69.9 Å². The molecule has 0 atom stereocenters. The van der Waals surface area contributed by atoms with Crippen LogP contribution in [0.25, 0.3) is 0 Å². The van der Waals surface area contributed by atoms with Crippen LogP contribution in [0.2, 0.25) is 0 Å². The van der Waals surface area contributed by atoms with Gasteiger partial charge in [-0.2, -0.15) is 5.10 Å². The van der Waals surface area contributed by atoms with Crippen LogP contribution >= 0.6 is 27.7 Å². The number of benzene rings is 2. The lowest BCUT2D eigenvalue weighted by Gasteiger charge is -2.06. The van der Waals surface area contributed by atoms with Crippen molar-refractivity contribution in [3.8, 4) is 0 Å². The highest BCUT2D eigenvalue weighted by molar-refractivity contribution is 9.10. The first kappa shape index (κ1) is 21.8. The molecule has 3 rings (SSSR count). The molecule has 156 valence electrons. The van der Waals surface area contributed by atoms with Gasteiger partial charge in [-0.15, -0.1) is 10.2 Å². The van der Waals surface area contributed by atoms with E-state index in [-0.39, 0.29) is 23.4 Å². The largest absolute Gasteiger partial charge is 0.351 e. The number of rotatable bonds is 8. The van der Waals surface area contributed by atoms with Crippen LogP contribution in [0.15, 0.2) is 63.3 Å². The van der Waals surface area contributed by atoms with Crippen LogP contribution < -0.4 is 16.6 Å². The zero-order chi connectivity index (χ0) is 21.5. The average molecular weight is 492 g/mol. The number of halogens is 2. The number of nitrogen functional groups attached to an aromatic ring is 1. The number of nitrogens with two attached hydrogens (primary N) is 1. The fourth-order valence-corrected chi connectivity index (χ4v) is 3.28. The maximum Gasteiger partial charge on any atom is 0.264 e. The summed E-state index contributed by atoms with van der Waals surface area (Å²) in [5.74, 6) is 5.82. The summed E-state index contributed by atoms with van der Waals surface area (Å²) in [6.45, 7) is 2.17. The van der Waals surface area contributed by atoms with Crippen molar-refractivity contribution >= 4 is 45.3 Å². The monoisotopic (exact) mass is 491 g/mol. The zero-order valence-corrected chi connectivity index (χ0v) is 18.4. The van der Waals surface area contributed by atoms with E-state index in [1.54, 1.807) is 12.1 Å². The van der Waals surface area contributed by atoms with Gasteiger partial charge in [0.15, 0.2) is 0 Å². The highest BCUT2D eigenvalue weighted by atomic mass is 79.9. The Labute approximate surface area is 185 Å². The Balaban J connectivity index is 1.50. The lowest BCUT2D eigenvalue weighted by Crippen LogP contribution is -2.25. The summed E-state index contributed by atoms with van der Waals surface area (Å²) in [5, 5.41) is 15.3. The van der Waals surface area contributed by atoms with E-state index in [9.17, 15) is 9.18 Å². The second-order valence-corrected chi connectivity index (χ2v) is 8.04. The molecule has 8 nitrogen and oxygen atoms in total. The molecule has 0 saturated carbocycles. The Morgan fingerprint density at radius 1 is 1.20 bits per heavy atom. The van der Waals surface area contributed by atoms with Gasteiger partial charge in [0.25, 0.3) is 5.95 Å². The average Bonchev–Trinajstić information content (AvgIpc) is 3.10. The van der Waals surface area contributed by atoms with E-state index in [0.717, 1.165) is 33.1 Å². The van der Waals surface area contributed by atoms with Gasteiger partial charge in [-0.05, 0) is 42.3 Å². The Morgan fingerprint density at radius 3 is 2.60 bits per heavy atom. The van der Waals surface area contributed by atoms with Crippen LogP contribution in [0.3, 0.4) is 0 Å². The quantitative estimate of drug-likeness (QED) is 0.193. The van der Waals surface area contributed by atoms with Gasteiger partial charge in [0.2, 0.25) is 11.1 Å². The number of nitrogens with one attached hydrogen (secondary N) is 2. The number of nitrogens with zero attached hydrogens (tertiary/aromatic N) is 4. The second-order valence-electron chi connectivity index (χ2n) is 6.18. The summed E-state index contributed by atoms with van der Waals surface area (Å²) < 4.78 is 15.1. The molecule has 0 aliphatic rings. The van der Waals surface area contributed by atoms with E-state index in [4.69, 9.17) is 5.84 Å². The molecular formula is C19H19BrFN7OS. The molecule has 1 aromatic heterocycles. The van der Waals surface area contributed by atoms with Gasteiger partial charge < -0.3 is 11.2 Å². The van der Waals surface area contributed by atoms with Crippen LogP contribution in [0.1, 0.15) is 18.1 Å². The number of hydrazone groups is 1. The molecule has 0 spiro atoms. The molecule has 3 aromatic rings. The Hall–Kier alpha value is -2.92. The van der Waals surface area contributed by atoms with Crippen molar-refractivity contribution in [1.29, 1.82) is 0 Å². The molecule has 0 aliphatic heterocycles. The molecule has 4 N–H and O–H groups in total. The van der Waals surface area contributed by atoms with E-state index < -0.39 is 0 Å². The van der Waals surface area contributed by atoms with Gasteiger partial charge in [0, 0.05) is 11.0 Å². The topological polar surface area (TPSA) is 110 Å². The van der Waals surface area contributed by atoms with Gasteiger partial charge in [-0.25, -0.2) is 14.5 Å². The lowest BCUT2D eigenvalue weighted by molar-refractivity contribution is -0.118. The van der Waals surface area contributed by atoms with Crippen molar-refractivity contribution in [1.82, 2.24) is 20.2 Å². The Bertz CT molecular complexity index is 1040. The van der Waals surface area contributed by atoms with Crippen molar-refractivity contribution in [3.63, 3.8) is 0 Å². The van der Waals surface area contributed by atoms with E-state index in [0.29, 0.717) is 11.7 Å². The molecule has 1 heterocycles. The van der Waals surface area contributed by atoms with E-state index >= 15 is 0 Å². The second kappa shape index (κ2) is 10.2. The smallest absolute Gasteiger partial charge is 0.264 e. The molecule has 11 heteroatoms. The van der Waals surface area contributed by atoms with Crippen LogP contribution in [0, 0.1) is 5.82 Å². The number of hydrogen-bond acceptors (Lipinski definition) is 7. The normalized spacial score (nSPS) is 11.4. The van der Waals surface area contributed by atoms with Crippen LogP contribution in [-0.2, 0) is 11.3 Å². The molecule has 0 unspecified atom stereocenters. The molecule has 0 aliphatic carbocycles. The number of anilines is 1. The third kappa shape index (κ3) is 6.04. The fraction of sp³-hybridized carbons (Fsp3) is 0.158. The maximum absolute atomic E-state index is 12.9. The summed E-state index contributed by atoms with van der Waals surface area (Å²) in [6.07, 6.45) is 0. The molecule has 0 radical (unpaired) electrons. The Kier molecular flexibility index (Phi) is 7.41. The number of carbonyl (C=O) groups is 1. The first-order valence-corrected chi connectivity index (χ1v) is 10.6. The summed E-state index contributed by atoms with van der Waals surface area (Å²) in [5.41, 5.74) is 5.28. The summed E-state index contributed by atoms with van der Waals surface area (Å²) in [4.78, 5) is 12.0. The fourth-order valence-electron chi connectivity index (χ4n) is 2.33. The predicted octanol–water partition coefficient (Wildman–Crippen LogP) is 3.14. The molecule has 0 saturated heterocycles. The van der Waals surface area contributed by atoms with Crippen LogP contribution in [0.5, 0.6) is 0 Å². The van der Waals surface area contributed by atoms with E-state index in [2.05, 4.69) is 42.0 Å². The first-order chi connectivity index (χ1) is 14.4. The molecule has 0 fully saturated rings. The standard InChI is InChI=1S/C19H19BrFN7OS/c1-12(14-4-6-15(20)7-5-14)24-25-18-26-27-19(28(18)22)30-11-17(29)23-10-13-2-8-16(21)9-3-13/h2-9H,10-11,22H2,1H3,(H,23,29)(H,25,26)/b24-12+. The minimum atomic E-state index is -0.316. The van der Waals surface area contributed by atoms with E-state index in [1.807, 2.05) is 31.2 Å². The molecule has 1 amide bonds. The lowest BCUT2D eigenvalue weighted by atomic mass is 10.1. The SMILES string of the molecule is C/C(=N\Nc1nnc(SCC(=O)NCc2ccc(F)cc2)n1N)c1ccc(Br)cc1.